The minimum atomic E-state index is -0.0125. The molecule has 154 valence electrons. The highest BCUT2D eigenvalue weighted by Gasteiger charge is 2.44. The Morgan fingerprint density at radius 3 is 2.90 bits per heavy atom. The third-order valence-corrected chi connectivity index (χ3v) is 6.36. The van der Waals surface area contributed by atoms with Gasteiger partial charge in [-0.05, 0) is 49.3 Å². The highest BCUT2D eigenvalue weighted by Crippen LogP contribution is 2.44. The van der Waals surface area contributed by atoms with Crippen LogP contribution in [0.25, 0.3) is 0 Å². The van der Waals surface area contributed by atoms with E-state index in [9.17, 15) is 4.79 Å². The number of rotatable bonds is 5. The molecule has 1 atom stereocenters. The fourth-order valence-corrected chi connectivity index (χ4v) is 4.80. The number of hydrogen-bond acceptors (Lipinski definition) is 5. The highest BCUT2D eigenvalue weighted by molar-refractivity contribution is 5.77. The molecular weight excluding hydrogens is 364 g/mol. The smallest absolute Gasteiger partial charge is 0.225 e. The van der Waals surface area contributed by atoms with Gasteiger partial charge in [-0.3, -0.25) is 4.79 Å². The number of carbonyl (C=O) groups is 1. The lowest BCUT2D eigenvalue weighted by Gasteiger charge is -2.40. The van der Waals surface area contributed by atoms with Gasteiger partial charge in [-0.1, -0.05) is 18.2 Å². The fraction of sp³-hybridized carbons (Fsp3) is 0.522. The average Bonchev–Trinajstić information content (AvgIpc) is 3.09. The number of fused-ring (bicyclic) bond motifs is 2. The number of methoxy groups -OCH3 is 1. The molecule has 0 N–H and O–H groups in total. The molecule has 1 aromatic heterocycles. The van der Waals surface area contributed by atoms with E-state index in [-0.39, 0.29) is 11.3 Å². The van der Waals surface area contributed by atoms with Crippen molar-refractivity contribution in [2.45, 2.75) is 43.9 Å². The maximum absolute atomic E-state index is 13.0. The molecule has 4 rings (SSSR count). The van der Waals surface area contributed by atoms with Crippen molar-refractivity contribution < 1.29 is 9.53 Å². The standard InChI is InChI=1S/C23H30N4O2/c1-26(2)22-24-15-18-11-13-23(21(18)25-22)12-6-14-27(16-23)20(28)10-9-17-7-4-5-8-19(17)29-3/h4-5,7-8,15H,6,9-14,16H2,1-3H3. The van der Waals surface area contributed by atoms with Crippen molar-refractivity contribution in [1.29, 1.82) is 0 Å². The van der Waals surface area contributed by atoms with Gasteiger partial charge in [-0.2, -0.15) is 0 Å². The summed E-state index contributed by atoms with van der Waals surface area (Å²) < 4.78 is 5.43. The second-order valence-electron chi connectivity index (χ2n) is 8.45. The molecule has 29 heavy (non-hydrogen) atoms. The second kappa shape index (κ2) is 8.01. The van der Waals surface area contributed by atoms with Crippen LogP contribution in [0.4, 0.5) is 5.95 Å². The Bertz CT molecular complexity index is 894. The summed E-state index contributed by atoms with van der Waals surface area (Å²) in [7, 11) is 5.62. The van der Waals surface area contributed by atoms with E-state index in [1.165, 1.54) is 11.3 Å². The van der Waals surface area contributed by atoms with Crippen LogP contribution in [-0.2, 0) is 23.1 Å². The number of aromatic nitrogens is 2. The molecule has 0 radical (unpaired) electrons. The number of hydrogen-bond donors (Lipinski definition) is 0. The monoisotopic (exact) mass is 394 g/mol. The minimum absolute atomic E-state index is 0.0125. The first kappa shape index (κ1) is 19.7. The molecule has 1 saturated heterocycles. The molecule has 1 aromatic carbocycles. The summed E-state index contributed by atoms with van der Waals surface area (Å²) >= 11 is 0. The van der Waals surface area contributed by atoms with Crippen LogP contribution in [0, 0.1) is 0 Å². The molecule has 0 saturated carbocycles. The Morgan fingerprint density at radius 2 is 2.10 bits per heavy atom. The third-order valence-electron chi connectivity index (χ3n) is 6.36. The Balaban J connectivity index is 1.48. The van der Waals surface area contributed by atoms with Crippen LogP contribution < -0.4 is 9.64 Å². The van der Waals surface area contributed by atoms with Crippen LogP contribution in [0.3, 0.4) is 0 Å². The van der Waals surface area contributed by atoms with E-state index < -0.39 is 0 Å². The lowest BCUT2D eigenvalue weighted by atomic mass is 9.77. The van der Waals surface area contributed by atoms with Gasteiger partial charge in [0, 0.05) is 45.2 Å². The van der Waals surface area contributed by atoms with Crippen molar-refractivity contribution in [3.05, 3.63) is 47.3 Å². The number of anilines is 1. The summed E-state index contributed by atoms with van der Waals surface area (Å²) in [5, 5.41) is 0. The Labute approximate surface area is 172 Å². The zero-order valence-corrected chi connectivity index (χ0v) is 17.6. The Kier molecular flexibility index (Phi) is 5.43. The summed E-state index contributed by atoms with van der Waals surface area (Å²) in [4.78, 5) is 26.4. The lowest BCUT2D eigenvalue weighted by molar-refractivity contribution is -0.133. The zero-order valence-electron chi connectivity index (χ0n) is 17.6. The van der Waals surface area contributed by atoms with Crippen molar-refractivity contribution in [2.75, 3.05) is 39.2 Å². The molecule has 1 aliphatic carbocycles. The molecule has 1 fully saturated rings. The summed E-state index contributed by atoms with van der Waals surface area (Å²) in [5.41, 5.74) is 3.49. The van der Waals surface area contributed by atoms with Gasteiger partial charge < -0.3 is 14.5 Å². The van der Waals surface area contributed by atoms with Gasteiger partial charge >= 0.3 is 0 Å². The predicted octanol–water partition coefficient (Wildman–Crippen LogP) is 2.99. The fourth-order valence-electron chi connectivity index (χ4n) is 4.80. The van der Waals surface area contributed by atoms with E-state index in [4.69, 9.17) is 9.72 Å². The van der Waals surface area contributed by atoms with Crippen molar-refractivity contribution in [3.63, 3.8) is 0 Å². The van der Waals surface area contributed by atoms with E-state index in [0.717, 1.165) is 56.0 Å². The first-order valence-electron chi connectivity index (χ1n) is 10.5. The summed E-state index contributed by atoms with van der Waals surface area (Å²) in [5.74, 6) is 1.84. The van der Waals surface area contributed by atoms with Crippen LogP contribution >= 0.6 is 0 Å². The van der Waals surface area contributed by atoms with Crippen LogP contribution in [0.15, 0.2) is 30.5 Å². The lowest BCUT2D eigenvalue weighted by Crippen LogP contribution is -2.48. The molecule has 1 spiro atoms. The number of benzene rings is 1. The summed E-state index contributed by atoms with van der Waals surface area (Å²) in [6, 6.07) is 7.94. The molecule has 6 heteroatoms. The van der Waals surface area contributed by atoms with E-state index in [2.05, 4.69) is 9.88 Å². The van der Waals surface area contributed by atoms with E-state index >= 15 is 0 Å². The van der Waals surface area contributed by atoms with Crippen LogP contribution in [0.2, 0.25) is 0 Å². The zero-order chi connectivity index (χ0) is 20.4. The number of piperidine rings is 1. The van der Waals surface area contributed by atoms with E-state index in [1.54, 1.807) is 7.11 Å². The SMILES string of the molecule is COc1ccccc1CCC(=O)N1CCCC2(CCc3cnc(N(C)C)nc32)C1. The number of carbonyl (C=O) groups excluding carboxylic acids is 1. The third kappa shape index (κ3) is 3.80. The first-order chi connectivity index (χ1) is 14.0. The highest BCUT2D eigenvalue weighted by atomic mass is 16.5. The van der Waals surface area contributed by atoms with Gasteiger partial charge in [0.05, 0.1) is 12.8 Å². The average molecular weight is 395 g/mol. The predicted molar refractivity (Wildman–Crippen MR) is 113 cm³/mol. The molecule has 0 bridgehead atoms. The van der Waals surface area contributed by atoms with Gasteiger partial charge in [0.2, 0.25) is 11.9 Å². The van der Waals surface area contributed by atoms with Gasteiger partial charge in [-0.25, -0.2) is 9.97 Å². The van der Waals surface area contributed by atoms with Crippen molar-refractivity contribution in [2.24, 2.45) is 0 Å². The topological polar surface area (TPSA) is 58.6 Å². The molecular formula is C23H30N4O2. The summed E-state index contributed by atoms with van der Waals surface area (Å²) in [6.45, 7) is 1.61. The second-order valence-corrected chi connectivity index (χ2v) is 8.45. The Morgan fingerprint density at radius 1 is 1.28 bits per heavy atom. The first-order valence-corrected chi connectivity index (χ1v) is 10.5. The maximum atomic E-state index is 13.0. The number of para-hydroxylation sites is 1. The van der Waals surface area contributed by atoms with E-state index in [0.29, 0.717) is 12.8 Å². The van der Waals surface area contributed by atoms with E-state index in [1.807, 2.05) is 49.5 Å². The van der Waals surface area contributed by atoms with Gasteiger partial charge in [-0.15, -0.1) is 0 Å². The number of ether oxygens (including phenoxy) is 1. The maximum Gasteiger partial charge on any atom is 0.225 e. The van der Waals surface area contributed by atoms with Crippen molar-refractivity contribution >= 4 is 11.9 Å². The quantitative estimate of drug-likeness (QED) is 0.780. The normalized spacial score (nSPS) is 20.6. The van der Waals surface area contributed by atoms with Crippen LogP contribution in [0.5, 0.6) is 5.75 Å². The van der Waals surface area contributed by atoms with Crippen LogP contribution in [0.1, 0.15) is 42.5 Å². The molecule has 6 nitrogen and oxygen atoms in total. The molecule has 1 amide bonds. The number of aryl methyl sites for hydroxylation is 2. The van der Waals surface area contributed by atoms with Crippen LogP contribution in [-0.4, -0.2) is 55.1 Å². The molecule has 1 aliphatic heterocycles. The molecule has 2 heterocycles. The number of nitrogens with zero attached hydrogens (tertiary/aromatic N) is 4. The van der Waals surface area contributed by atoms with Crippen molar-refractivity contribution in [1.82, 2.24) is 14.9 Å². The number of likely N-dealkylation sites (tertiary alicyclic amines) is 1. The molecule has 1 unspecified atom stereocenters. The molecule has 2 aliphatic rings. The Hall–Kier alpha value is -2.63. The van der Waals surface area contributed by atoms with Gasteiger partial charge in [0.1, 0.15) is 5.75 Å². The largest absolute Gasteiger partial charge is 0.496 e. The molecule has 2 aromatic rings. The van der Waals surface area contributed by atoms with Crippen molar-refractivity contribution in [3.8, 4) is 5.75 Å². The van der Waals surface area contributed by atoms with Gasteiger partial charge in [0.15, 0.2) is 0 Å². The number of amides is 1. The minimum Gasteiger partial charge on any atom is -0.496 e. The summed E-state index contributed by atoms with van der Waals surface area (Å²) in [6.07, 6.45) is 7.39. The van der Waals surface area contributed by atoms with Gasteiger partial charge in [0.25, 0.3) is 0 Å².